The van der Waals surface area contributed by atoms with Crippen molar-refractivity contribution in [3.8, 4) is 5.75 Å². The molecule has 6 nitrogen and oxygen atoms in total. The average molecular weight is 469 g/mol. The summed E-state index contributed by atoms with van der Waals surface area (Å²) in [6, 6.07) is 7.32. The second kappa shape index (κ2) is 12.6. The van der Waals surface area contributed by atoms with Crippen molar-refractivity contribution in [1.29, 1.82) is 0 Å². The quantitative estimate of drug-likeness (QED) is 0.264. The minimum absolute atomic E-state index is 0. The largest absolute Gasteiger partial charge is 0.492 e. The summed E-state index contributed by atoms with van der Waals surface area (Å²) in [5.41, 5.74) is 5.83. The summed E-state index contributed by atoms with van der Waals surface area (Å²) in [5.74, 6) is 1.21. The summed E-state index contributed by atoms with van der Waals surface area (Å²) in [7, 11) is 0. The van der Waals surface area contributed by atoms with Gasteiger partial charge in [-0.25, -0.2) is 0 Å². The molecule has 1 fully saturated rings. The first kappa shape index (κ1) is 21.3. The van der Waals surface area contributed by atoms with E-state index in [4.69, 9.17) is 26.8 Å². The average Bonchev–Trinajstić information content (AvgIpc) is 2.57. The number of hydrogen-bond donors (Lipinski definition) is 2. The van der Waals surface area contributed by atoms with Crippen LogP contribution in [0.3, 0.4) is 0 Å². The standard InChI is InChI=1S/C16H25ClN4O2.HI/c17-14-3-1-4-15(13-14)23-10-6-20-16(18)19-5-2-7-21-8-11-22-12-9-21;/h1,3-4,13H,2,5-12H2,(H3,18,19,20);1H. The molecular formula is C16H26ClIN4O2. The van der Waals surface area contributed by atoms with Gasteiger partial charge in [-0.1, -0.05) is 17.7 Å². The van der Waals surface area contributed by atoms with Gasteiger partial charge in [-0.2, -0.15) is 0 Å². The number of guanidine groups is 1. The highest BCUT2D eigenvalue weighted by molar-refractivity contribution is 14.0. The second-order valence-corrected chi connectivity index (χ2v) is 5.74. The maximum Gasteiger partial charge on any atom is 0.188 e. The molecule has 3 N–H and O–H groups in total. The first-order valence-electron chi connectivity index (χ1n) is 7.96. The van der Waals surface area contributed by atoms with Gasteiger partial charge in [0.15, 0.2) is 5.96 Å². The zero-order valence-electron chi connectivity index (χ0n) is 13.7. The Morgan fingerprint density at radius 3 is 2.92 bits per heavy atom. The van der Waals surface area contributed by atoms with Crippen molar-refractivity contribution in [3.63, 3.8) is 0 Å². The van der Waals surface area contributed by atoms with Gasteiger partial charge in [-0.3, -0.25) is 9.89 Å². The van der Waals surface area contributed by atoms with Crippen molar-refractivity contribution < 1.29 is 9.47 Å². The van der Waals surface area contributed by atoms with Crippen molar-refractivity contribution in [2.75, 3.05) is 52.5 Å². The molecule has 1 saturated heterocycles. The monoisotopic (exact) mass is 468 g/mol. The number of hydrogen-bond acceptors (Lipinski definition) is 4. The van der Waals surface area contributed by atoms with Crippen molar-refractivity contribution in [2.24, 2.45) is 10.7 Å². The van der Waals surface area contributed by atoms with Crippen LogP contribution in [0.25, 0.3) is 0 Å². The van der Waals surface area contributed by atoms with Crippen LogP contribution in [0.5, 0.6) is 5.75 Å². The highest BCUT2D eigenvalue weighted by atomic mass is 127. The molecule has 0 bridgehead atoms. The molecule has 1 heterocycles. The number of halogens is 2. The minimum atomic E-state index is 0. The fourth-order valence-electron chi connectivity index (χ4n) is 2.28. The van der Waals surface area contributed by atoms with E-state index in [0.717, 1.165) is 51.6 Å². The van der Waals surface area contributed by atoms with Crippen LogP contribution >= 0.6 is 35.6 Å². The van der Waals surface area contributed by atoms with Crippen molar-refractivity contribution in [2.45, 2.75) is 6.42 Å². The van der Waals surface area contributed by atoms with Crippen LogP contribution in [-0.2, 0) is 4.74 Å². The Morgan fingerprint density at radius 1 is 1.38 bits per heavy atom. The molecule has 136 valence electrons. The Labute approximate surface area is 165 Å². The SMILES string of the molecule is I.NC(=NCCCN1CCOCC1)NCCOc1cccc(Cl)c1. The van der Waals surface area contributed by atoms with E-state index in [0.29, 0.717) is 24.1 Å². The normalized spacial score (nSPS) is 15.6. The zero-order chi connectivity index (χ0) is 16.3. The minimum Gasteiger partial charge on any atom is -0.492 e. The second-order valence-electron chi connectivity index (χ2n) is 5.31. The molecule has 1 aliphatic rings. The molecule has 0 spiro atoms. The van der Waals surface area contributed by atoms with Crippen molar-refractivity contribution in [1.82, 2.24) is 10.2 Å². The maximum absolute atomic E-state index is 5.89. The summed E-state index contributed by atoms with van der Waals surface area (Å²) in [6.07, 6.45) is 1.00. The number of nitrogens with two attached hydrogens (primary N) is 1. The predicted octanol–water partition coefficient (Wildman–Crippen LogP) is 1.96. The van der Waals surface area contributed by atoms with E-state index in [1.165, 1.54) is 0 Å². The van der Waals surface area contributed by atoms with Crippen LogP contribution in [0.1, 0.15) is 6.42 Å². The predicted molar refractivity (Wildman–Crippen MR) is 109 cm³/mol. The first-order chi connectivity index (χ1) is 11.2. The Morgan fingerprint density at radius 2 is 2.17 bits per heavy atom. The molecule has 0 unspecified atom stereocenters. The van der Waals surface area contributed by atoms with Gasteiger partial charge < -0.3 is 20.5 Å². The molecule has 0 radical (unpaired) electrons. The molecule has 1 aliphatic heterocycles. The lowest BCUT2D eigenvalue weighted by Crippen LogP contribution is -2.37. The number of benzene rings is 1. The van der Waals surface area contributed by atoms with Gasteiger partial charge in [-0.05, 0) is 24.6 Å². The fourth-order valence-corrected chi connectivity index (χ4v) is 2.46. The smallest absolute Gasteiger partial charge is 0.188 e. The number of morpholine rings is 1. The van der Waals surface area contributed by atoms with Gasteiger partial charge in [0.05, 0.1) is 19.8 Å². The molecule has 24 heavy (non-hydrogen) atoms. The Bertz CT molecular complexity index is 499. The van der Waals surface area contributed by atoms with Gasteiger partial charge >= 0.3 is 0 Å². The molecule has 2 rings (SSSR count). The molecule has 0 aromatic heterocycles. The van der Waals surface area contributed by atoms with E-state index < -0.39 is 0 Å². The van der Waals surface area contributed by atoms with Crippen LogP contribution in [0.2, 0.25) is 5.02 Å². The van der Waals surface area contributed by atoms with Crippen LogP contribution < -0.4 is 15.8 Å². The number of nitrogens with zero attached hydrogens (tertiary/aromatic N) is 2. The topological polar surface area (TPSA) is 72.1 Å². The molecular weight excluding hydrogens is 443 g/mol. The third-order valence-corrected chi connectivity index (χ3v) is 3.73. The van der Waals surface area contributed by atoms with Crippen LogP contribution in [-0.4, -0.2) is 63.4 Å². The first-order valence-corrected chi connectivity index (χ1v) is 8.34. The highest BCUT2D eigenvalue weighted by Crippen LogP contribution is 2.16. The van der Waals surface area contributed by atoms with E-state index in [9.17, 15) is 0 Å². The third-order valence-electron chi connectivity index (χ3n) is 3.49. The number of aliphatic imine (C=N–C) groups is 1. The van der Waals surface area contributed by atoms with E-state index in [1.807, 2.05) is 18.2 Å². The zero-order valence-corrected chi connectivity index (χ0v) is 16.8. The Hall–Kier alpha value is -0.770. The van der Waals surface area contributed by atoms with Gasteiger partial charge in [0, 0.05) is 31.2 Å². The third kappa shape index (κ3) is 8.91. The molecule has 1 aromatic carbocycles. The Kier molecular flexibility index (Phi) is 11.1. The van der Waals surface area contributed by atoms with E-state index in [-0.39, 0.29) is 24.0 Å². The Balaban J connectivity index is 0.00000288. The maximum atomic E-state index is 5.89. The van der Waals surface area contributed by atoms with Crippen LogP contribution in [0.15, 0.2) is 29.3 Å². The van der Waals surface area contributed by atoms with Gasteiger partial charge in [0.1, 0.15) is 12.4 Å². The van der Waals surface area contributed by atoms with Crippen molar-refractivity contribution in [3.05, 3.63) is 29.3 Å². The molecule has 0 saturated carbocycles. The lowest BCUT2D eigenvalue weighted by molar-refractivity contribution is 0.0377. The van der Waals surface area contributed by atoms with E-state index in [2.05, 4.69) is 15.2 Å². The number of ether oxygens (including phenoxy) is 2. The number of nitrogens with one attached hydrogen (secondary N) is 1. The molecule has 8 heteroatoms. The summed E-state index contributed by atoms with van der Waals surface area (Å²) < 4.78 is 10.9. The number of rotatable bonds is 8. The highest BCUT2D eigenvalue weighted by Gasteiger charge is 2.08. The van der Waals surface area contributed by atoms with E-state index >= 15 is 0 Å². The summed E-state index contributed by atoms with van der Waals surface area (Å²) in [6.45, 7) is 6.56. The van der Waals surface area contributed by atoms with E-state index in [1.54, 1.807) is 6.07 Å². The lowest BCUT2D eigenvalue weighted by Gasteiger charge is -2.26. The molecule has 0 amide bonds. The summed E-state index contributed by atoms with van der Waals surface area (Å²) >= 11 is 5.89. The van der Waals surface area contributed by atoms with Gasteiger partial charge in [0.2, 0.25) is 0 Å². The molecule has 0 aliphatic carbocycles. The summed E-state index contributed by atoms with van der Waals surface area (Å²) in [4.78, 5) is 6.71. The van der Waals surface area contributed by atoms with Crippen LogP contribution in [0, 0.1) is 0 Å². The molecule has 0 atom stereocenters. The van der Waals surface area contributed by atoms with Crippen LogP contribution in [0.4, 0.5) is 0 Å². The van der Waals surface area contributed by atoms with Gasteiger partial charge in [0.25, 0.3) is 0 Å². The molecule has 1 aromatic rings. The lowest BCUT2D eigenvalue weighted by atomic mass is 10.3. The van der Waals surface area contributed by atoms with Gasteiger partial charge in [-0.15, -0.1) is 24.0 Å². The van der Waals surface area contributed by atoms with Crippen molar-refractivity contribution >= 4 is 41.5 Å². The summed E-state index contributed by atoms with van der Waals surface area (Å²) in [5, 5.41) is 3.71. The fraction of sp³-hybridized carbons (Fsp3) is 0.562.